The van der Waals surface area contributed by atoms with Crippen LogP contribution in [0.15, 0.2) is 109 Å². The maximum Gasteiger partial charge on any atom is 0.238 e. The van der Waals surface area contributed by atoms with E-state index in [9.17, 15) is 14.4 Å². The van der Waals surface area contributed by atoms with E-state index in [1.807, 2.05) is 96.9 Å². The first-order valence-corrected chi connectivity index (χ1v) is 14.4. The Balaban J connectivity index is 1.50. The van der Waals surface area contributed by atoms with Gasteiger partial charge in [0.05, 0.1) is 18.6 Å². The summed E-state index contributed by atoms with van der Waals surface area (Å²) in [7, 11) is 0. The van der Waals surface area contributed by atoms with Gasteiger partial charge in [0, 0.05) is 23.0 Å². The van der Waals surface area contributed by atoms with Gasteiger partial charge in [-0.15, -0.1) is 0 Å². The standard InChI is InChI=1S/C36H30N2O4/c1-2-21-42-26-15-10-14-25(22-26)32(39)30-31(33(40)24-12-4-3-5-13-24)38-20-19-23-11-6-7-16-27(23)34(38)36(30)28-17-8-9-18-29(28)37-35(36)41/h3-20,22,30-31,34H,2,21H2,1H3,(H,37,41)/t30-,31+,34+,36+/m0/s1. The van der Waals surface area contributed by atoms with Gasteiger partial charge in [0.25, 0.3) is 0 Å². The number of hydrogen-bond acceptors (Lipinski definition) is 5. The fourth-order valence-electron chi connectivity index (χ4n) is 7.08. The van der Waals surface area contributed by atoms with Crippen LogP contribution in [-0.2, 0) is 10.2 Å². The molecule has 4 aromatic rings. The molecule has 7 rings (SSSR count). The molecule has 0 saturated carbocycles. The van der Waals surface area contributed by atoms with Gasteiger partial charge >= 0.3 is 0 Å². The molecule has 3 heterocycles. The highest BCUT2D eigenvalue weighted by Gasteiger charge is 2.70. The highest BCUT2D eigenvalue weighted by atomic mass is 16.5. The van der Waals surface area contributed by atoms with Gasteiger partial charge in [0.1, 0.15) is 17.2 Å². The lowest BCUT2D eigenvalue weighted by molar-refractivity contribution is -0.122. The Labute approximate surface area is 244 Å². The zero-order chi connectivity index (χ0) is 28.8. The number of anilines is 1. The van der Waals surface area contributed by atoms with E-state index in [1.165, 1.54) is 0 Å². The second-order valence-electron chi connectivity index (χ2n) is 11.1. The summed E-state index contributed by atoms with van der Waals surface area (Å²) in [6.07, 6.45) is 4.69. The van der Waals surface area contributed by atoms with E-state index in [0.717, 1.165) is 23.1 Å². The molecule has 1 N–H and O–H groups in total. The number of benzene rings is 4. The summed E-state index contributed by atoms with van der Waals surface area (Å²) in [5.74, 6) is -1.17. The largest absolute Gasteiger partial charge is 0.494 e. The van der Waals surface area contributed by atoms with Crippen LogP contribution in [-0.4, -0.2) is 35.0 Å². The molecule has 0 unspecified atom stereocenters. The Morgan fingerprint density at radius 1 is 0.857 bits per heavy atom. The van der Waals surface area contributed by atoms with Crippen molar-refractivity contribution in [1.82, 2.24) is 4.90 Å². The maximum atomic E-state index is 15.0. The Morgan fingerprint density at radius 2 is 1.60 bits per heavy atom. The average molecular weight is 555 g/mol. The third kappa shape index (κ3) is 3.75. The van der Waals surface area contributed by atoms with Crippen molar-refractivity contribution in [3.8, 4) is 5.75 Å². The highest BCUT2D eigenvalue weighted by Crippen LogP contribution is 2.62. The third-order valence-electron chi connectivity index (χ3n) is 8.77. The minimum absolute atomic E-state index is 0.199. The summed E-state index contributed by atoms with van der Waals surface area (Å²) in [5.41, 5.74) is 2.82. The first-order chi connectivity index (χ1) is 20.6. The Bertz CT molecular complexity index is 1750. The van der Waals surface area contributed by atoms with Gasteiger partial charge < -0.3 is 15.0 Å². The molecular formula is C36H30N2O4. The number of nitrogens with one attached hydrogen (secondary N) is 1. The number of ether oxygens (including phenoxy) is 1. The van der Waals surface area contributed by atoms with Crippen LogP contribution in [0.3, 0.4) is 0 Å². The second-order valence-corrected chi connectivity index (χ2v) is 11.1. The fourth-order valence-corrected chi connectivity index (χ4v) is 7.08. The number of ketones is 2. The van der Waals surface area contributed by atoms with Crippen LogP contribution in [0.5, 0.6) is 5.75 Å². The molecule has 1 amide bonds. The van der Waals surface area contributed by atoms with Gasteiger partial charge in [-0.25, -0.2) is 0 Å². The predicted octanol–water partition coefficient (Wildman–Crippen LogP) is 6.46. The van der Waals surface area contributed by atoms with Crippen LogP contribution >= 0.6 is 0 Å². The second kappa shape index (κ2) is 10.1. The first kappa shape index (κ1) is 26.0. The van der Waals surface area contributed by atoms with Gasteiger partial charge in [-0.2, -0.15) is 0 Å². The van der Waals surface area contributed by atoms with Gasteiger partial charge in [-0.3, -0.25) is 14.4 Å². The van der Waals surface area contributed by atoms with Crippen LogP contribution in [0.2, 0.25) is 0 Å². The van der Waals surface area contributed by atoms with E-state index >= 15 is 0 Å². The van der Waals surface area contributed by atoms with E-state index in [0.29, 0.717) is 29.2 Å². The van der Waals surface area contributed by atoms with Crippen molar-refractivity contribution < 1.29 is 19.1 Å². The third-order valence-corrected chi connectivity index (χ3v) is 8.77. The van der Waals surface area contributed by atoms with Gasteiger partial charge in [0.15, 0.2) is 11.6 Å². The minimum atomic E-state index is -1.36. The smallest absolute Gasteiger partial charge is 0.238 e. The highest BCUT2D eigenvalue weighted by molar-refractivity contribution is 6.16. The van der Waals surface area contributed by atoms with E-state index in [-0.39, 0.29) is 17.5 Å². The number of hydrogen-bond donors (Lipinski definition) is 1. The van der Waals surface area contributed by atoms with Crippen LogP contribution in [0.1, 0.15) is 56.8 Å². The van der Waals surface area contributed by atoms with E-state index in [2.05, 4.69) is 5.32 Å². The molecule has 0 radical (unpaired) electrons. The SMILES string of the molecule is CCCOc1cccc(C(=O)[C@@H]2[C@H](C(=O)c3ccccc3)N3C=Cc4ccccc4[C@@H]3[C@]23C(=O)Nc2ccccc23)c1. The van der Waals surface area contributed by atoms with Crippen molar-refractivity contribution in [3.63, 3.8) is 0 Å². The van der Waals surface area contributed by atoms with Crippen molar-refractivity contribution in [2.24, 2.45) is 5.92 Å². The summed E-state index contributed by atoms with van der Waals surface area (Å²) >= 11 is 0. The number of carbonyl (C=O) groups excluding carboxylic acids is 3. The zero-order valence-corrected chi connectivity index (χ0v) is 23.2. The molecule has 3 aliphatic heterocycles. The van der Waals surface area contributed by atoms with Crippen LogP contribution in [0, 0.1) is 5.92 Å². The summed E-state index contributed by atoms with van der Waals surface area (Å²) in [6.45, 7) is 2.54. The monoisotopic (exact) mass is 554 g/mol. The molecule has 0 aromatic heterocycles. The maximum absolute atomic E-state index is 15.0. The van der Waals surface area contributed by atoms with Crippen LogP contribution in [0.25, 0.3) is 6.08 Å². The lowest BCUT2D eigenvalue weighted by Gasteiger charge is -2.38. The molecule has 6 heteroatoms. The van der Waals surface area contributed by atoms with E-state index < -0.39 is 23.4 Å². The van der Waals surface area contributed by atoms with Crippen molar-refractivity contribution >= 4 is 29.2 Å². The van der Waals surface area contributed by atoms with E-state index in [1.54, 1.807) is 30.3 Å². The van der Waals surface area contributed by atoms with Crippen molar-refractivity contribution in [2.75, 3.05) is 11.9 Å². The molecule has 208 valence electrons. The summed E-state index contributed by atoms with van der Waals surface area (Å²) in [5, 5.41) is 3.09. The molecule has 42 heavy (non-hydrogen) atoms. The quantitative estimate of drug-likeness (QED) is 0.266. The zero-order valence-electron chi connectivity index (χ0n) is 23.2. The van der Waals surface area contributed by atoms with Crippen LogP contribution in [0.4, 0.5) is 5.69 Å². The van der Waals surface area contributed by atoms with Gasteiger partial charge in [-0.1, -0.05) is 91.9 Å². The Hall–Kier alpha value is -4.97. The number of para-hydroxylation sites is 1. The number of rotatable bonds is 7. The first-order valence-electron chi connectivity index (χ1n) is 14.4. The number of Topliss-reactive ketones (excluding diaryl/α,β-unsaturated/α-hetero) is 2. The summed E-state index contributed by atoms with van der Waals surface area (Å²) in [6, 6.07) is 30.1. The molecule has 3 aliphatic rings. The fraction of sp³-hybridized carbons (Fsp3) is 0.194. The number of amides is 1. The predicted molar refractivity (Wildman–Crippen MR) is 161 cm³/mol. The number of fused-ring (bicyclic) bond motifs is 6. The van der Waals surface area contributed by atoms with Crippen LogP contribution < -0.4 is 10.1 Å². The molecule has 0 bridgehead atoms. The molecular weight excluding hydrogens is 524 g/mol. The van der Waals surface area contributed by atoms with E-state index in [4.69, 9.17) is 4.74 Å². The average Bonchev–Trinajstić information content (AvgIpc) is 3.52. The normalized spacial score (nSPS) is 23.2. The molecule has 1 fully saturated rings. The molecule has 4 aromatic carbocycles. The van der Waals surface area contributed by atoms with Crippen molar-refractivity contribution in [3.05, 3.63) is 137 Å². The molecule has 0 aliphatic carbocycles. The lowest BCUT2D eigenvalue weighted by Crippen LogP contribution is -2.49. The van der Waals surface area contributed by atoms with Crippen molar-refractivity contribution in [1.29, 1.82) is 0 Å². The van der Waals surface area contributed by atoms with Gasteiger partial charge in [0.2, 0.25) is 5.91 Å². The minimum Gasteiger partial charge on any atom is -0.494 e. The van der Waals surface area contributed by atoms with Gasteiger partial charge in [-0.05, 0) is 47.4 Å². The molecule has 1 saturated heterocycles. The Morgan fingerprint density at radius 3 is 2.43 bits per heavy atom. The molecule has 6 nitrogen and oxygen atoms in total. The summed E-state index contributed by atoms with van der Waals surface area (Å²) < 4.78 is 5.87. The van der Waals surface area contributed by atoms with Crippen molar-refractivity contribution in [2.45, 2.75) is 30.8 Å². The Kier molecular flexibility index (Phi) is 6.27. The molecule has 4 atom stereocenters. The number of carbonyl (C=O) groups is 3. The number of nitrogens with zero attached hydrogens (tertiary/aromatic N) is 1. The molecule has 1 spiro atoms. The summed E-state index contributed by atoms with van der Waals surface area (Å²) in [4.78, 5) is 46.0. The topological polar surface area (TPSA) is 75.7 Å². The lowest BCUT2D eigenvalue weighted by atomic mass is 9.62.